The second kappa shape index (κ2) is 6.08. The lowest BCUT2D eigenvalue weighted by Gasteiger charge is -2.27. The molecule has 0 spiro atoms. The third kappa shape index (κ3) is 2.99. The summed E-state index contributed by atoms with van der Waals surface area (Å²) in [5.41, 5.74) is 3.17. The van der Waals surface area contributed by atoms with Crippen LogP contribution < -0.4 is 15.5 Å². The Morgan fingerprint density at radius 1 is 1.27 bits per heavy atom. The number of hydrogen-bond donors (Lipinski definition) is 2. The third-order valence-electron chi connectivity index (χ3n) is 4.47. The van der Waals surface area contributed by atoms with Gasteiger partial charge in [0, 0.05) is 37.8 Å². The molecule has 2 aliphatic heterocycles. The third-order valence-corrected chi connectivity index (χ3v) is 4.47. The van der Waals surface area contributed by atoms with Crippen molar-refractivity contribution in [2.75, 3.05) is 31.1 Å². The highest BCUT2D eigenvalue weighted by molar-refractivity contribution is 6.09. The van der Waals surface area contributed by atoms with E-state index >= 15 is 0 Å². The van der Waals surface area contributed by atoms with Crippen LogP contribution in [0.1, 0.15) is 17.5 Å². The Balaban J connectivity index is 1.64. The Kier molecular flexibility index (Phi) is 4.16. The summed E-state index contributed by atoms with van der Waals surface area (Å²) in [4.78, 5) is 26.5. The van der Waals surface area contributed by atoms with Crippen LogP contribution >= 0.6 is 0 Å². The van der Waals surface area contributed by atoms with Crippen LogP contribution in [0.3, 0.4) is 0 Å². The summed E-state index contributed by atoms with van der Waals surface area (Å²) in [7, 11) is 0. The molecule has 0 radical (unpaired) electrons. The van der Waals surface area contributed by atoms with Crippen molar-refractivity contribution in [2.45, 2.75) is 20.3 Å². The molecule has 22 heavy (non-hydrogen) atoms. The second-order valence-electron chi connectivity index (χ2n) is 6.45. The Morgan fingerprint density at radius 2 is 1.95 bits per heavy atom. The largest absolute Gasteiger partial charge is 0.355 e. The highest BCUT2D eigenvalue weighted by Gasteiger charge is 2.37. The lowest BCUT2D eigenvalue weighted by molar-refractivity contribution is -0.132. The average Bonchev–Trinajstić information content (AvgIpc) is 2.77. The zero-order valence-electron chi connectivity index (χ0n) is 13.2. The van der Waals surface area contributed by atoms with E-state index in [4.69, 9.17) is 0 Å². The maximum absolute atomic E-state index is 12.6. The Bertz CT molecular complexity index is 575. The van der Waals surface area contributed by atoms with Gasteiger partial charge in [0.25, 0.3) is 0 Å². The summed E-state index contributed by atoms with van der Waals surface area (Å²) in [5, 5.41) is 6.10. The molecular formula is C17H23N3O2. The standard InChI is InChI=1S/C17H23N3O2/c1-11-5-12(2)7-14(6-11)20-4-3-15(17(20)22)16(21)19-10-13-8-18-9-13/h5-7,13,15,18H,3-4,8-10H2,1-2H3,(H,19,21). The summed E-state index contributed by atoms with van der Waals surface area (Å²) < 4.78 is 0. The number of benzene rings is 1. The lowest BCUT2D eigenvalue weighted by atomic mass is 10.0. The van der Waals surface area contributed by atoms with Crippen LogP contribution in [-0.4, -0.2) is 38.0 Å². The van der Waals surface area contributed by atoms with Gasteiger partial charge in [-0.3, -0.25) is 9.59 Å². The highest BCUT2D eigenvalue weighted by atomic mass is 16.2. The zero-order valence-corrected chi connectivity index (χ0v) is 13.2. The minimum Gasteiger partial charge on any atom is -0.355 e. The monoisotopic (exact) mass is 301 g/mol. The molecule has 2 N–H and O–H groups in total. The van der Waals surface area contributed by atoms with Crippen molar-refractivity contribution in [1.82, 2.24) is 10.6 Å². The molecule has 3 rings (SSSR count). The highest BCUT2D eigenvalue weighted by Crippen LogP contribution is 2.27. The van der Waals surface area contributed by atoms with Crippen molar-refractivity contribution in [3.8, 4) is 0 Å². The molecule has 1 aromatic carbocycles. The van der Waals surface area contributed by atoms with Gasteiger partial charge >= 0.3 is 0 Å². The quantitative estimate of drug-likeness (QED) is 0.815. The van der Waals surface area contributed by atoms with Crippen molar-refractivity contribution < 1.29 is 9.59 Å². The number of anilines is 1. The van der Waals surface area contributed by atoms with E-state index in [2.05, 4.69) is 16.7 Å². The number of rotatable bonds is 4. The smallest absolute Gasteiger partial charge is 0.239 e. The van der Waals surface area contributed by atoms with Gasteiger partial charge in [0.15, 0.2) is 0 Å². The van der Waals surface area contributed by atoms with Gasteiger partial charge in [0.1, 0.15) is 5.92 Å². The van der Waals surface area contributed by atoms with Crippen LogP contribution in [0.15, 0.2) is 18.2 Å². The number of carbonyl (C=O) groups excluding carboxylic acids is 2. The van der Waals surface area contributed by atoms with Gasteiger partial charge < -0.3 is 15.5 Å². The number of carbonyl (C=O) groups is 2. The Labute approximate surface area is 131 Å². The van der Waals surface area contributed by atoms with Crippen LogP contribution in [0.5, 0.6) is 0 Å². The Morgan fingerprint density at radius 3 is 2.55 bits per heavy atom. The van der Waals surface area contributed by atoms with Crippen LogP contribution in [0.25, 0.3) is 0 Å². The molecule has 2 heterocycles. The topological polar surface area (TPSA) is 61.4 Å². The zero-order chi connectivity index (χ0) is 15.7. The fraction of sp³-hybridized carbons (Fsp3) is 0.529. The molecule has 5 heteroatoms. The molecule has 0 aliphatic carbocycles. The van der Waals surface area contributed by atoms with E-state index < -0.39 is 5.92 Å². The first-order chi connectivity index (χ1) is 10.5. The van der Waals surface area contributed by atoms with E-state index in [1.807, 2.05) is 26.0 Å². The van der Waals surface area contributed by atoms with E-state index in [1.165, 1.54) is 0 Å². The van der Waals surface area contributed by atoms with Crippen LogP contribution in [0.4, 0.5) is 5.69 Å². The Hall–Kier alpha value is -1.88. The van der Waals surface area contributed by atoms with Crippen LogP contribution in [0, 0.1) is 25.7 Å². The minimum absolute atomic E-state index is 0.0748. The predicted octanol–water partition coefficient (Wildman–Crippen LogP) is 0.992. The van der Waals surface area contributed by atoms with Gasteiger partial charge in [0.2, 0.25) is 11.8 Å². The van der Waals surface area contributed by atoms with Crippen molar-refractivity contribution in [2.24, 2.45) is 11.8 Å². The van der Waals surface area contributed by atoms with Gasteiger partial charge in [-0.05, 0) is 43.5 Å². The number of hydrogen-bond acceptors (Lipinski definition) is 3. The molecule has 118 valence electrons. The first-order valence-electron chi connectivity index (χ1n) is 7.92. The summed E-state index contributed by atoms with van der Waals surface area (Å²) in [5.74, 6) is -0.220. The average molecular weight is 301 g/mol. The number of nitrogens with zero attached hydrogens (tertiary/aromatic N) is 1. The molecule has 1 atom stereocenters. The molecule has 0 bridgehead atoms. The van der Waals surface area contributed by atoms with E-state index in [1.54, 1.807) is 4.90 Å². The maximum Gasteiger partial charge on any atom is 0.239 e. The number of nitrogens with one attached hydrogen (secondary N) is 2. The van der Waals surface area contributed by atoms with Crippen LogP contribution in [-0.2, 0) is 9.59 Å². The summed E-state index contributed by atoms with van der Waals surface area (Å²) in [6, 6.07) is 6.09. The summed E-state index contributed by atoms with van der Waals surface area (Å²) in [6.07, 6.45) is 0.598. The van der Waals surface area contributed by atoms with Gasteiger partial charge in [-0.1, -0.05) is 6.07 Å². The minimum atomic E-state index is -0.533. The number of amides is 2. The molecule has 1 aromatic rings. The lowest BCUT2D eigenvalue weighted by Crippen LogP contribution is -2.49. The van der Waals surface area contributed by atoms with Crippen molar-refractivity contribution in [3.63, 3.8) is 0 Å². The van der Waals surface area contributed by atoms with E-state index in [-0.39, 0.29) is 11.8 Å². The molecule has 0 aromatic heterocycles. The fourth-order valence-corrected chi connectivity index (χ4v) is 3.15. The summed E-state index contributed by atoms with van der Waals surface area (Å²) >= 11 is 0. The summed E-state index contributed by atoms with van der Waals surface area (Å²) in [6.45, 7) is 7.23. The van der Waals surface area contributed by atoms with Gasteiger partial charge in [-0.15, -0.1) is 0 Å². The maximum atomic E-state index is 12.6. The number of aryl methyl sites for hydroxylation is 2. The first-order valence-corrected chi connectivity index (χ1v) is 7.92. The molecule has 2 aliphatic rings. The van der Waals surface area contributed by atoms with Crippen LogP contribution in [0.2, 0.25) is 0 Å². The normalized spacial score (nSPS) is 21.8. The molecular weight excluding hydrogens is 278 g/mol. The van der Waals surface area contributed by atoms with E-state index in [9.17, 15) is 9.59 Å². The SMILES string of the molecule is Cc1cc(C)cc(N2CCC(C(=O)NCC3CNC3)C2=O)c1. The molecule has 1 unspecified atom stereocenters. The predicted molar refractivity (Wildman–Crippen MR) is 85.7 cm³/mol. The fourth-order valence-electron chi connectivity index (χ4n) is 3.15. The van der Waals surface area contributed by atoms with Gasteiger partial charge in [-0.2, -0.15) is 0 Å². The van der Waals surface area contributed by atoms with Crippen molar-refractivity contribution in [1.29, 1.82) is 0 Å². The first kappa shape index (κ1) is 15.0. The van der Waals surface area contributed by atoms with Crippen molar-refractivity contribution in [3.05, 3.63) is 29.3 Å². The van der Waals surface area contributed by atoms with Crippen molar-refractivity contribution >= 4 is 17.5 Å². The molecule has 5 nitrogen and oxygen atoms in total. The second-order valence-corrected chi connectivity index (χ2v) is 6.45. The van der Waals surface area contributed by atoms with Gasteiger partial charge in [-0.25, -0.2) is 0 Å². The molecule has 2 saturated heterocycles. The molecule has 2 fully saturated rings. The van der Waals surface area contributed by atoms with E-state index in [0.717, 1.165) is 29.9 Å². The van der Waals surface area contributed by atoms with E-state index in [0.29, 0.717) is 25.4 Å². The van der Waals surface area contributed by atoms with Gasteiger partial charge in [0.05, 0.1) is 0 Å². The molecule has 0 saturated carbocycles. The molecule has 2 amide bonds.